The maximum atomic E-state index is 12.6. The zero-order valence-electron chi connectivity index (χ0n) is 34.3. The number of epoxide rings is 1. The number of unbranched alkanes of at least 4 members (excludes halogenated alkanes) is 5. The van der Waals surface area contributed by atoms with Gasteiger partial charge in [0, 0.05) is 19.4 Å². The second kappa shape index (κ2) is 36.2. The third-order valence-corrected chi connectivity index (χ3v) is 9.34. The number of rotatable bonds is 36. The Kier molecular flexibility index (Phi) is 33.0. The third kappa shape index (κ3) is 33.1. The van der Waals surface area contributed by atoms with E-state index in [0.717, 1.165) is 57.8 Å². The van der Waals surface area contributed by atoms with Gasteiger partial charge < -0.3 is 24.8 Å². The van der Waals surface area contributed by atoms with E-state index >= 15 is 0 Å². The Morgan fingerprint density at radius 1 is 0.643 bits per heavy atom. The summed E-state index contributed by atoms with van der Waals surface area (Å²) in [6.07, 6.45) is 49.1. The van der Waals surface area contributed by atoms with Crippen LogP contribution in [0, 0.1) is 0 Å². The lowest BCUT2D eigenvalue weighted by molar-refractivity contribution is -0.161. The van der Waals surface area contributed by atoms with Gasteiger partial charge in [0.25, 0.3) is 0 Å². The summed E-state index contributed by atoms with van der Waals surface area (Å²) in [6.45, 7) is 3.41. The van der Waals surface area contributed by atoms with E-state index in [0.29, 0.717) is 37.9 Å². The van der Waals surface area contributed by atoms with Crippen LogP contribution in [0.1, 0.15) is 129 Å². The fraction of sp³-hybridized carbons (Fsp3) is 0.600. The Morgan fingerprint density at radius 3 is 1.68 bits per heavy atom. The number of phosphoric acid groups is 1. The largest absolute Gasteiger partial charge is 0.472 e. The number of hydrogen-bond donors (Lipinski definition) is 2. The first-order valence-electron chi connectivity index (χ1n) is 20.8. The van der Waals surface area contributed by atoms with E-state index in [-0.39, 0.29) is 32.6 Å². The van der Waals surface area contributed by atoms with Crippen LogP contribution in [-0.4, -0.2) is 61.5 Å². The number of carbonyl (C=O) groups excluding carboxylic acids is 2. The van der Waals surface area contributed by atoms with Gasteiger partial charge >= 0.3 is 19.8 Å². The van der Waals surface area contributed by atoms with Crippen molar-refractivity contribution in [3.05, 3.63) is 97.2 Å². The van der Waals surface area contributed by atoms with Gasteiger partial charge in [-0.15, -0.1) is 0 Å². The lowest BCUT2D eigenvalue weighted by Crippen LogP contribution is -2.29. The predicted molar refractivity (Wildman–Crippen MR) is 228 cm³/mol. The average Bonchev–Trinajstić information content (AvgIpc) is 3.94. The smallest absolute Gasteiger partial charge is 0.462 e. The lowest BCUT2D eigenvalue weighted by Gasteiger charge is -2.19. The molecule has 11 heteroatoms. The van der Waals surface area contributed by atoms with Crippen LogP contribution in [0.4, 0.5) is 0 Å². The number of nitrogens with two attached hydrogens (primary N) is 1. The van der Waals surface area contributed by atoms with E-state index < -0.39 is 32.5 Å². The van der Waals surface area contributed by atoms with Crippen LogP contribution < -0.4 is 5.73 Å². The number of hydrogen-bond acceptors (Lipinski definition) is 9. The highest BCUT2D eigenvalue weighted by Gasteiger charge is 2.36. The SMILES string of the molecule is CC/C=C\C/C=C\C/C=C\C/C=C\C/C=C\CCCC(=O)O[C@H](COC(=O)CCC/C=C\C/C=C\CC1OC1C/C=C\CCCCC)COP(=O)(O)OCCN. The van der Waals surface area contributed by atoms with Crippen molar-refractivity contribution in [2.24, 2.45) is 5.73 Å². The molecule has 0 aliphatic carbocycles. The molecule has 1 rings (SSSR count). The zero-order chi connectivity index (χ0) is 40.8. The number of carbonyl (C=O) groups is 2. The Balaban J connectivity index is 2.29. The molecule has 3 unspecified atom stereocenters. The van der Waals surface area contributed by atoms with Crippen molar-refractivity contribution in [1.29, 1.82) is 0 Å². The van der Waals surface area contributed by atoms with Gasteiger partial charge in [0.1, 0.15) is 6.61 Å². The van der Waals surface area contributed by atoms with Gasteiger partial charge in [-0.2, -0.15) is 0 Å². The minimum Gasteiger partial charge on any atom is -0.462 e. The van der Waals surface area contributed by atoms with E-state index in [4.69, 9.17) is 29.0 Å². The van der Waals surface area contributed by atoms with Crippen LogP contribution in [0.2, 0.25) is 0 Å². The fourth-order valence-electron chi connectivity index (χ4n) is 5.17. The van der Waals surface area contributed by atoms with Crippen molar-refractivity contribution in [3.63, 3.8) is 0 Å². The number of ether oxygens (including phenoxy) is 3. The van der Waals surface area contributed by atoms with Crippen molar-refractivity contribution >= 4 is 19.8 Å². The molecule has 0 bridgehead atoms. The Bertz CT molecular complexity index is 1300. The molecule has 1 heterocycles. The van der Waals surface area contributed by atoms with Crippen LogP contribution in [0.15, 0.2) is 97.2 Å². The molecular formula is C45H72NO9P. The highest BCUT2D eigenvalue weighted by Crippen LogP contribution is 2.43. The topological polar surface area (TPSA) is 147 Å². The van der Waals surface area contributed by atoms with E-state index in [2.05, 4.69) is 98.9 Å². The molecule has 1 aliphatic rings. The van der Waals surface area contributed by atoms with Crippen LogP contribution in [0.3, 0.4) is 0 Å². The van der Waals surface area contributed by atoms with Crippen molar-refractivity contribution in [3.8, 4) is 0 Å². The van der Waals surface area contributed by atoms with Crippen LogP contribution in [0.25, 0.3) is 0 Å². The van der Waals surface area contributed by atoms with Gasteiger partial charge in [-0.05, 0) is 89.9 Å². The fourth-order valence-corrected chi connectivity index (χ4v) is 5.94. The molecular weight excluding hydrogens is 729 g/mol. The molecule has 0 amide bonds. The minimum atomic E-state index is -4.41. The number of phosphoric ester groups is 1. The summed E-state index contributed by atoms with van der Waals surface area (Å²) >= 11 is 0. The van der Waals surface area contributed by atoms with Crippen molar-refractivity contribution in [2.75, 3.05) is 26.4 Å². The first-order valence-corrected chi connectivity index (χ1v) is 22.3. The summed E-state index contributed by atoms with van der Waals surface area (Å²) in [7, 11) is -4.41. The first kappa shape index (κ1) is 50.9. The van der Waals surface area contributed by atoms with E-state index in [1.165, 1.54) is 19.3 Å². The molecule has 0 aromatic carbocycles. The molecule has 56 heavy (non-hydrogen) atoms. The zero-order valence-corrected chi connectivity index (χ0v) is 35.2. The van der Waals surface area contributed by atoms with Gasteiger partial charge in [-0.25, -0.2) is 4.57 Å². The van der Waals surface area contributed by atoms with Gasteiger partial charge in [0.2, 0.25) is 0 Å². The van der Waals surface area contributed by atoms with Crippen LogP contribution in [0.5, 0.6) is 0 Å². The van der Waals surface area contributed by atoms with Gasteiger partial charge in [0.05, 0.1) is 25.4 Å². The normalized spacial score (nSPS) is 17.9. The number of allylic oxidation sites excluding steroid dienone is 14. The quantitative estimate of drug-likeness (QED) is 0.0206. The van der Waals surface area contributed by atoms with E-state index in [9.17, 15) is 19.0 Å². The molecule has 0 aromatic rings. The number of esters is 2. The monoisotopic (exact) mass is 801 g/mol. The second-order valence-corrected chi connectivity index (χ2v) is 15.0. The Hall–Kier alpha value is -3.11. The summed E-state index contributed by atoms with van der Waals surface area (Å²) in [5.74, 6) is -0.981. The molecule has 0 saturated carbocycles. The lowest BCUT2D eigenvalue weighted by atomic mass is 10.1. The van der Waals surface area contributed by atoms with Crippen molar-refractivity contribution < 1.29 is 42.3 Å². The summed E-state index contributed by atoms with van der Waals surface area (Å²) in [4.78, 5) is 34.8. The molecule has 1 fully saturated rings. The molecule has 1 aliphatic heterocycles. The standard InChI is InChI=1S/C45H72NO9P/c1-3-5-7-9-11-12-13-14-15-16-17-18-19-20-23-28-32-36-45(48)54-41(40-53-56(49,50)52-38-37-46)39-51-44(47)35-31-27-24-21-22-26-30-34-43-42(55-43)33-29-25-10-8-6-4-2/h5,7,11-12,14-15,17-18,20-21,23-26,29-30,41-43H,3-4,6,8-10,13,16,19,22,27-28,31-40,46H2,1-2H3,(H,49,50)/b7-5-,12-11-,15-14-,18-17-,23-20-,24-21-,29-25-,30-26-/t41-,42?,43?/m1/s1. The maximum Gasteiger partial charge on any atom is 0.472 e. The molecule has 316 valence electrons. The van der Waals surface area contributed by atoms with Crippen LogP contribution in [-0.2, 0) is 37.4 Å². The molecule has 1 saturated heterocycles. The summed E-state index contributed by atoms with van der Waals surface area (Å²) in [5.41, 5.74) is 5.34. The van der Waals surface area contributed by atoms with Crippen molar-refractivity contribution in [2.45, 2.75) is 148 Å². The molecule has 0 spiro atoms. The van der Waals surface area contributed by atoms with E-state index in [1.807, 2.05) is 12.2 Å². The highest BCUT2D eigenvalue weighted by atomic mass is 31.2. The molecule has 10 nitrogen and oxygen atoms in total. The first-order chi connectivity index (χ1) is 27.3. The Labute approximate surface area is 338 Å². The molecule has 0 radical (unpaired) electrons. The minimum absolute atomic E-state index is 0.0293. The van der Waals surface area contributed by atoms with Gasteiger partial charge in [0.15, 0.2) is 6.10 Å². The molecule has 3 N–H and O–H groups in total. The maximum absolute atomic E-state index is 12.6. The van der Waals surface area contributed by atoms with E-state index in [1.54, 1.807) is 0 Å². The third-order valence-electron chi connectivity index (χ3n) is 8.36. The highest BCUT2D eigenvalue weighted by molar-refractivity contribution is 7.47. The molecule has 0 aromatic heterocycles. The summed E-state index contributed by atoms with van der Waals surface area (Å²) < 4.78 is 38.4. The van der Waals surface area contributed by atoms with Crippen molar-refractivity contribution in [1.82, 2.24) is 0 Å². The Morgan fingerprint density at radius 2 is 1.12 bits per heavy atom. The average molecular weight is 802 g/mol. The predicted octanol–water partition coefficient (Wildman–Crippen LogP) is 10.8. The second-order valence-electron chi connectivity index (χ2n) is 13.5. The summed E-state index contributed by atoms with van der Waals surface area (Å²) in [5, 5.41) is 0. The van der Waals surface area contributed by atoms with Gasteiger partial charge in [-0.3, -0.25) is 18.6 Å². The summed E-state index contributed by atoms with van der Waals surface area (Å²) in [6, 6.07) is 0. The molecule has 4 atom stereocenters. The van der Waals surface area contributed by atoms with Gasteiger partial charge in [-0.1, -0.05) is 124 Å². The van der Waals surface area contributed by atoms with Crippen LogP contribution >= 0.6 is 7.82 Å².